The van der Waals surface area contributed by atoms with Crippen LogP contribution in [-0.2, 0) is 11.3 Å². The van der Waals surface area contributed by atoms with Gasteiger partial charge in [0.1, 0.15) is 5.75 Å². The summed E-state index contributed by atoms with van der Waals surface area (Å²) < 4.78 is 5.29. The molecular weight excluding hydrogens is 206 g/mol. The van der Waals surface area contributed by atoms with E-state index in [1.165, 1.54) is 0 Å². The van der Waals surface area contributed by atoms with Gasteiger partial charge in [0.25, 0.3) is 0 Å². The molecule has 1 aromatic heterocycles. The highest BCUT2D eigenvalue weighted by molar-refractivity contribution is 5.73. The number of nitrogens with zero attached hydrogens (tertiary/aromatic N) is 1. The maximum atomic E-state index is 10.5. The molecule has 0 bridgehead atoms. The fraction of sp³-hybridized carbons (Fsp3) is 0.455. The second-order valence-electron chi connectivity index (χ2n) is 3.33. The van der Waals surface area contributed by atoms with Crippen LogP contribution in [0.3, 0.4) is 0 Å². The number of primary amides is 1. The summed E-state index contributed by atoms with van der Waals surface area (Å²) in [7, 11) is 0. The quantitative estimate of drug-likeness (QED) is 0.703. The molecule has 3 N–H and O–H groups in total. The zero-order valence-corrected chi connectivity index (χ0v) is 9.40. The predicted octanol–water partition coefficient (Wildman–Crippen LogP) is 0.445. The average molecular weight is 223 g/mol. The third-order valence-electron chi connectivity index (χ3n) is 1.97. The number of rotatable bonds is 7. The molecule has 0 aliphatic heterocycles. The van der Waals surface area contributed by atoms with Crippen LogP contribution in [-0.4, -0.2) is 24.0 Å². The smallest absolute Gasteiger partial charge is 0.220 e. The maximum Gasteiger partial charge on any atom is 0.220 e. The normalized spacial score (nSPS) is 10.1. The largest absolute Gasteiger partial charge is 0.491 e. The molecule has 0 radical (unpaired) electrons. The van der Waals surface area contributed by atoms with Crippen molar-refractivity contribution < 1.29 is 9.53 Å². The first kappa shape index (κ1) is 12.4. The molecule has 0 saturated heterocycles. The van der Waals surface area contributed by atoms with Gasteiger partial charge in [-0.2, -0.15) is 0 Å². The molecule has 1 aromatic rings. The van der Waals surface area contributed by atoms with Crippen molar-refractivity contribution in [1.82, 2.24) is 10.3 Å². The summed E-state index contributed by atoms with van der Waals surface area (Å²) in [6.45, 7) is 4.00. The number of nitrogens with two attached hydrogens (primary N) is 1. The molecule has 5 heteroatoms. The van der Waals surface area contributed by atoms with Crippen LogP contribution in [0.5, 0.6) is 5.75 Å². The van der Waals surface area contributed by atoms with E-state index in [1.807, 2.05) is 19.1 Å². The fourth-order valence-corrected chi connectivity index (χ4v) is 1.12. The summed E-state index contributed by atoms with van der Waals surface area (Å²) in [6, 6.07) is 3.73. The molecule has 88 valence electrons. The molecule has 0 aliphatic rings. The Bertz CT molecular complexity index is 325. The minimum atomic E-state index is -0.364. The van der Waals surface area contributed by atoms with E-state index in [-0.39, 0.29) is 12.3 Å². The molecule has 1 rings (SSSR count). The Hall–Kier alpha value is -1.62. The minimum Gasteiger partial charge on any atom is -0.491 e. The topological polar surface area (TPSA) is 77.2 Å². The van der Waals surface area contributed by atoms with Gasteiger partial charge in [-0.3, -0.25) is 9.78 Å². The van der Waals surface area contributed by atoms with Gasteiger partial charge in [-0.25, -0.2) is 0 Å². The van der Waals surface area contributed by atoms with Crippen molar-refractivity contribution in [3.63, 3.8) is 0 Å². The Kier molecular flexibility index (Phi) is 5.28. The minimum absolute atomic E-state index is 0.221. The van der Waals surface area contributed by atoms with Crippen molar-refractivity contribution in [2.75, 3.05) is 13.2 Å². The average Bonchev–Trinajstić information content (AvgIpc) is 2.27. The fourth-order valence-electron chi connectivity index (χ4n) is 1.12. The van der Waals surface area contributed by atoms with Crippen LogP contribution in [0.4, 0.5) is 0 Å². The number of nitrogens with one attached hydrogen (secondary N) is 1. The standard InChI is InChI=1S/C11H17N3O2/c1-2-13-7-9-3-4-10(8-14-9)16-6-5-11(12)15/h3-4,8,13H,2,5-7H2,1H3,(H2,12,15). The number of hydrogen-bond donors (Lipinski definition) is 2. The lowest BCUT2D eigenvalue weighted by molar-refractivity contribution is -0.118. The van der Waals surface area contributed by atoms with Gasteiger partial charge in [0.05, 0.1) is 24.9 Å². The van der Waals surface area contributed by atoms with Gasteiger partial charge in [-0.1, -0.05) is 6.92 Å². The molecule has 0 fully saturated rings. The monoisotopic (exact) mass is 223 g/mol. The first-order chi connectivity index (χ1) is 7.72. The zero-order chi connectivity index (χ0) is 11.8. The summed E-state index contributed by atoms with van der Waals surface area (Å²) in [4.78, 5) is 14.7. The van der Waals surface area contributed by atoms with Crippen molar-refractivity contribution in [2.45, 2.75) is 19.9 Å². The number of carbonyl (C=O) groups excluding carboxylic acids is 1. The molecule has 0 atom stereocenters. The van der Waals surface area contributed by atoms with E-state index in [0.717, 1.165) is 18.8 Å². The molecule has 5 nitrogen and oxygen atoms in total. The van der Waals surface area contributed by atoms with Gasteiger partial charge in [-0.15, -0.1) is 0 Å². The molecule has 0 saturated carbocycles. The van der Waals surface area contributed by atoms with E-state index < -0.39 is 0 Å². The molecule has 0 unspecified atom stereocenters. The van der Waals surface area contributed by atoms with E-state index >= 15 is 0 Å². The Balaban J connectivity index is 2.36. The Morgan fingerprint density at radius 1 is 1.56 bits per heavy atom. The summed E-state index contributed by atoms with van der Waals surface area (Å²) in [5.74, 6) is 0.290. The van der Waals surface area contributed by atoms with Crippen molar-refractivity contribution in [3.05, 3.63) is 24.0 Å². The third-order valence-corrected chi connectivity index (χ3v) is 1.97. The third kappa shape index (κ3) is 4.75. The van der Waals surface area contributed by atoms with Crippen molar-refractivity contribution >= 4 is 5.91 Å². The van der Waals surface area contributed by atoms with Crippen molar-refractivity contribution in [2.24, 2.45) is 5.73 Å². The van der Waals surface area contributed by atoms with Gasteiger partial charge < -0.3 is 15.8 Å². The predicted molar refractivity (Wildman–Crippen MR) is 60.9 cm³/mol. The zero-order valence-electron chi connectivity index (χ0n) is 9.40. The van der Waals surface area contributed by atoms with Gasteiger partial charge in [0.2, 0.25) is 5.91 Å². The van der Waals surface area contributed by atoms with E-state index in [0.29, 0.717) is 12.4 Å². The molecule has 0 aliphatic carbocycles. The summed E-state index contributed by atoms with van der Waals surface area (Å²) >= 11 is 0. The van der Waals surface area contributed by atoms with Gasteiger partial charge >= 0.3 is 0 Å². The van der Waals surface area contributed by atoms with Crippen LogP contribution in [0.2, 0.25) is 0 Å². The number of amides is 1. The SMILES string of the molecule is CCNCc1ccc(OCCC(N)=O)cn1. The van der Waals surface area contributed by atoms with Crippen molar-refractivity contribution in [1.29, 1.82) is 0 Å². The summed E-state index contributed by atoms with van der Waals surface area (Å²) in [6.07, 6.45) is 1.87. The van der Waals surface area contributed by atoms with Crippen LogP contribution in [0, 0.1) is 0 Å². The molecular formula is C11H17N3O2. The number of carbonyl (C=O) groups is 1. The summed E-state index contributed by atoms with van der Waals surface area (Å²) in [5.41, 5.74) is 5.95. The Labute approximate surface area is 95.0 Å². The van der Waals surface area contributed by atoms with E-state index in [4.69, 9.17) is 10.5 Å². The number of aromatic nitrogens is 1. The molecule has 0 spiro atoms. The van der Waals surface area contributed by atoms with Crippen LogP contribution in [0.1, 0.15) is 19.0 Å². The number of pyridine rings is 1. The second kappa shape index (κ2) is 6.79. The first-order valence-electron chi connectivity index (χ1n) is 5.29. The van der Waals surface area contributed by atoms with Gasteiger partial charge in [0, 0.05) is 6.54 Å². The van der Waals surface area contributed by atoms with E-state index in [2.05, 4.69) is 10.3 Å². The van der Waals surface area contributed by atoms with Crippen LogP contribution in [0.15, 0.2) is 18.3 Å². The lowest BCUT2D eigenvalue weighted by Crippen LogP contribution is -2.15. The maximum absolute atomic E-state index is 10.5. The first-order valence-corrected chi connectivity index (χ1v) is 5.29. The lowest BCUT2D eigenvalue weighted by Gasteiger charge is -2.05. The lowest BCUT2D eigenvalue weighted by atomic mass is 10.3. The molecule has 1 amide bonds. The van der Waals surface area contributed by atoms with Crippen LogP contribution >= 0.6 is 0 Å². The highest BCUT2D eigenvalue weighted by Crippen LogP contribution is 2.09. The van der Waals surface area contributed by atoms with Crippen LogP contribution < -0.4 is 15.8 Å². The van der Waals surface area contributed by atoms with Crippen LogP contribution in [0.25, 0.3) is 0 Å². The number of ether oxygens (including phenoxy) is 1. The molecule has 1 heterocycles. The van der Waals surface area contributed by atoms with Crippen molar-refractivity contribution in [3.8, 4) is 5.75 Å². The van der Waals surface area contributed by atoms with E-state index in [1.54, 1.807) is 6.20 Å². The summed E-state index contributed by atoms with van der Waals surface area (Å²) in [5, 5.41) is 3.18. The Morgan fingerprint density at radius 2 is 2.38 bits per heavy atom. The van der Waals surface area contributed by atoms with E-state index in [9.17, 15) is 4.79 Å². The second-order valence-corrected chi connectivity index (χ2v) is 3.33. The molecule has 16 heavy (non-hydrogen) atoms. The van der Waals surface area contributed by atoms with Gasteiger partial charge in [0.15, 0.2) is 0 Å². The highest BCUT2D eigenvalue weighted by atomic mass is 16.5. The van der Waals surface area contributed by atoms with Gasteiger partial charge in [-0.05, 0) is 18.7 Å². The highest BCUT2D eigenvalue weighted by Gasteiger charge is 1.98. The molecule has 0 aromatic carbocycles. The number of hydrogen-bond acceptors (Lipinski definition) is 4. The Morgan fingerprint density at radius 3 is 2.94 bits per heavy atom.